The van der Waals surface area contributed by atoms with Crippen molar-refractivity contribution in [3.8, 4) is 0 Å². The summed E-state index contributed by atoms with van der Waals surface area (Å²) in [5, 5.41) is 3.60. The van der Waals surface area contributed by atoms with Crippen molar-refractivity contribution in [3.05, 3.63) is 45.8 Å². The zero-order chi connectivity index (χ0) is 23.6. The van der Waals surface area contributed by atoms with Crippen molar-refractivity contribution in [1.29, 1.82) is 0 Å². The van der Waals surface area contributed by atoms with Crippen molar-refractivity contribution in [2.75, 3.05) is 30.3 Å². The molecule has 3 aromatic rings. The van der Waals surface area contributed by atoms with Crippen LogP contribution in [0.3, 0.4) is 0 Å². The molecule has 6 rings (SSSR count). The molecule has 2 bridgehead atoms. The topological polar surface area (TPSA) is 119 Å². The monoisotopic (exact) mass is 482 g/mol. The fourth-order valence-electron chi connectivity index (χ4n) is 5.31. The number of carbonyl (C=O) groups excluding carboxylic acids is 1. The summed E-state index contributed by atoms with van der Waals surface area (Å²) in [5.41, 5.74) is 15.2. The van der Waals surface area contributed by atoms with Crippen LogP contribution >= 0.6 is 11.3 Å². The Morgan fingerprint density at radius 3 is 3.00 bits per heavy atom. The Bertz CT molecular complexity index is 1280. The molecule has 2 aliphatic heterocycles. The maximum Gasteiger partial charge on any atom is 0.263 e. The van der Waals surface area contributed by atoms with Gasteiger partial charge in [-0.15, -0.1) is 11.3 Å². The number of piperidine rings is 1. The minimum Gasteiger partial charge on any atom is -0.397 e. The number of halogens is 1. The number of ether oxygens (including phenoxy) is 1. The number of hydrogen-bond donors (Lipinski definition) is 3. The predicted molar refractivity (Wildman–Crippen MR) is 130 cm³/mol. The first-order valence-electron chi connectivity index (χ1n) is 11.6. The maximum absolute atomic E-state index is 13.9. The van der Waals surface area contributed by atoms with Crippen LogP contribution in [0.5, 0.6) is 0 Å². The predicted octanol–water partition coefficient (Wildman–Crippen LogP) is 2.17. The average molecular weight is 483 g/mol. The highest BCUT2D eigenvalue weighted by Gasteiger charge is 2.41. The zero-order valence-corrected chi connectivity index (χ0v) is 19.7. The Morgan fingerprint density at radius 1 is 1.32 bits per heavy atom. The van der Waals surface area contributed by atoms with E-state index in [1.165, 1.54) is 17.4 Å². The first-order chi connectivity index (χ1) is 16.4. The van der Waals surface area contributed by atoms with Crippen molar-refractivity contribution < 1.29 is 13.9 Å². The normalized spacial score (nSPS) is 26.0. The lowest BCUT2D eigenvalue weighted by Crippen LogP contribution is -2.52. The fraction of sp³-hybridized carbons (Fsp3) is 0.458. The number of nitrogens with zero attached hydrogens (tertiary/aromatic N) is 3. The smallest absolute Gasteiger partial charge is 0.263 e. The molecule has 0 spiro atoms. The SMILES string of the molecule is Cc1nc2sc(C(=O)NC3CCc4nc(N5CC6COC(C5)C6N)ccc4C3)c(N)c2cc1F. The molecule has 4 atom stereocenters. The molecule has 178 valence electrons. The van der Waals surface area contributed by atoms with E-state index in [1.54, 1.807) is 6.92 Å². The molecule has 4 unspecified atom stereocenters. The quantitative estimate of drug-likeness (QED) is 0.523. The molecule has 0 saturated carbocycles. The molecule has 0 aromatic carbocycles. The highest BCUT2D eigenvalue weighted by atomic mass is 32.1. The van der Waals surface area contributed by atoms with Gasteiger partial charge in [-0.05, 0) is 43.9 Å². The Hall–Kier alpha value is -2.82. The number of hydrogen-bond acceptors (Lipinski definition) is 8. The van der Waals surface area contributed by atoms with Gasteiger partial charge in [0.15, 0.2) is 0 Å². The summed E-state index contributed by atoms with van der Waals surface area (Å²) in [6.45, 7) is 3.97. The number of amides is 1. The highest BCUT2D eigenvalue weighted by molar-refractivity contribution is 7.21. The standard InChI is InChI=1S/C24H27FN6O2S/c1-11-16(25)7-15-21(27)22(34-24(15)28-11)23(32)29-14-3-4-17-12(6-14)2-5-19(30-17)31-8-13-10-33-18(9-31)20(13)26/h2,5,7,13-14,18,20H,3-4,6,8-10,26-27H2,1H3,(H,29,32). The summed E-state index contributed by atoms with van der Waals surface area (Å²) in [4.78, 5) is 25.4. The van der Waals surface area contributed by atoms with Crippen LogP contribution in [0.4, 0.5) is 15.9 Å². The fourth-order valence-corrected chi connectivity index (χ4v) is 6.33. The second-order valence-corrected chi connectivity index (χ2v) is 10.6. The molecular formula is C24H27FN6O2S. The molecule has 1 amide bonds. The summed E-state index contributed by atoms with van der Waals surface area (Å²) in [7, 11) is 0. The largest absolute Gasteiger partial charge is 0.397 e. The summed E-state index contributed by atoms with van der Waals surface area (Å²) in [6.07, 6.45) is 2.38. The van der Waals surface area contributed by atoms with E-state index in [2.05, 4.69) is 27.3 Å². The lowest BCUT2D eigenvalue weighted by atomic mass is 9.91. The van der Waals surface area contributed by atoms with Gasteiger partial charge < -0.3 is 26.4 Å². The van der Waals surface area contributed by atoms with Crippen molar-refractivity contribution >= 4 is 39.0 Å². The van der Waals surface area contributed by atoms with Crippen LogP contribution in [-0.2, 0) is 17.6 Å². The lowest BCUT2D eigenvalue weighted by molar-refractivity contribution is 0.0938. The van der Waals surface area contributed by atoms with Crippen LogP contribution < -0.4 is 21.7 Å². The third-order valence-corrected chi connectivity index (χ3v) is 8.43. The number of carbonyl (C=O) groups is 1. The number of fused-ring (bicyclic) bond motifs is 4. The second-order valence-electron chi connectivity index (χ2n) is 9.56. The molecule has 2 fully saturated rings. The number of aromatic nitrogens is 2. The molecule has 1 aliphatic carbocycles. The van der Waals surface area contributed by atoms with E-state index in [1.807, 2.05) is 0 Å². The number of anilines is 2. The molecule has 3 aliphatic rings. The Kier molecular flexibility index (Phi) is 5.20. The number of thiophene rings is 1. The molecule has 0 radical (unpaired) electrons. The molecule has 5 N–H and O–H groups in total. The first-order valence-corrected chi connectivity index (χ1v) is 12.5. The third-order valence-electron chi connectivity index (χ3n) is 7.32. The Morgan fingerprint density at radius 2 is 2.18 bits per heavy atom. The number of nitrogens with one attached hydrogen (secondary N) is 1. The van der Waals surface area contributed by atoms with Crippen LogP contribution in [0, 0.1) is 18.7 Å². The van der Waals surface area contributed by atoms with Crippen molar-refractivity contribution in [2.45, 2.75) is 44.4 Å². The molecule has 10 heteroatoms. The summed E-state index contributed by atoms with van der Waals surface area (Å²) < 4.78 is 19.7. The second kappa shape index (κ2) is 8.14. The maximum atomic E-state index is 13.9. The van der Waals surface area contributed by atoms with Crippen molar-refractivity contribution in [1.82, 2.24) is 15.3 Å². The van der Waals surface area contributed by atoms with Gasteiger partial charge in [0.1, 0.15) is 21.3 Å². The minimum atomic E-state index is -0.424. The molecular weight excluding hydrogens is 455 g/mol. The van der Waals surface area contributed by atoms with Gasteiger partial charge in [-0.1, -0.05) is 6.07 Å². The lowest BCUT2D eigenvalue weighted by Gasteiger charge is -2.35. The number of rotatable bonds is 3. The number of pyridine rings is 2. The van der Waals surface area contributed by atoms with E-state index in [0.29, 0.717) is 33.1 Å². The van der Waals surface area contributed by atoms with Crippen LogP contribution in [0.15, 0.2) is 18.2 Å². The minimum absolute atomic E-state index is 0.0130. The van der Waals surface area contributed by atoms with E-state index in [9.17, 15) is 9.18 Å². The van der Waals surface area contributed by atoms with Gasteiger partial charge in [0.2, 0.25) is 0 Å². The summed E-state index contributed by atoms with van der Waals surface area (Å²) >= 11 is 1.20. The van der Waals surface area contributed by atoms with E-state index in [-0.39, 0.29) is 29.8 Å². The van der Waals surface area contributed by atoms with Crippen LogP contribution in [-0.4, -0.2) is 53.8 Å². The summed E-state index contributed by atoms with van der Waals surface area (Å²) in [5.74, 6) is 0.666. The molecule has 2 saturated heterocycles. The van der Waals surface area contributed by atoms with Crippen LogP contribution in [0.2, 0.25) is 0 Å². The molecule has 34 heavy (non-hydrogen) atoms. The molecule has 5 heterocycles. The third kappa shape index (κ3) is 3.60. The van der Waals surface area contributed by atoms with Gasteiger partial charge in [-0.2, -0.15) is 0 Å². The van der Waals surface area contributed by atoms with Gasteiger partial charge in [0.05, 0.1) is 24.1 Å². The summed E-state index contributed by atoms with van der Waals surface area (Å²) in [6, 6.07) is 5.64. The Balaban J connectivity index is 1.15. The zero-order valence-electron chi connectivity index (χ0n) is 18.9. The van der Waals surface area contributed by atoms with Gasteiger partial charge in [0.25, 0.3) is 5.91 Å². The van der Waals surface area contributed by atoms with Gasteiger partial charge in [-0.25, -0.2) is 14.4 Å². The highest BCUT2D eigenvalue weighted by Crippen LogP contribution is 2.34. The van der Waals surface area contributed by atoms with Gasteiger partial charge in [0, 0.05) is 42.2 Å². The van der Waals surface area contributed by atoms with E-state index >= 15 is 0 Å². The van der Waals surface area contributed by atoms with Gasteiger partial charge >= 0.3 is 0 Å². The number of nitrogen functional groups attached to an aromatic ring is 1. The van der Waals surface area contributed by atoms with Gasteiger partial charge in [-0.3, -0.25) is 4.79 Å². The molecule has 8 nitrogen and oxygen atoms in total. The van der Waals surface area contributed by atoms with Crippen LogP contribution in [0.1, 0.15) is 33.0 Å². The first kappa shape index (κ1) is 21.7. The number of nitrogens with two attached hydrogens (primary N) is 2. The Labute approximate surface area is 200 Å². The van der Waals surface area contributed by atoms with Crippen molar-refractivity contribution in [3.63, 3.8) is 0 Å². The van der Waals surface area contributed by atoms with Crippen molar-refractivity contribution in [2.24, 2.45) is 11.7 Å². The van der Waals surface area contributed by atoms with E-state index < -0.39 is 5.82 Å². The van der Waals surface area contributed by atoms with E-state index in [4.69, 9.17) is 21.2 Å². The number of aryl methyl sites for hydroxylation is 2. The van der Waals surface area contributed by atoms with Crippen LogP contribution in [0.25, 0.3) is 10.2 Å². The van der Waals surface area contributed by atoms with E-state index in [0.717, 1.165) is 49.6 Å². The molecule has 3 aromatic heterocycles. The average Bonchev–Trinajstić information content (AvgIpc) is 3.22.